The third kappa shape index (κ3) is 3.95. The Kier molecular flexibility index (Phi) is 5.54. The molecular weight excluding hydrogens is 401 g/mol. The molecule has 1 N–H and O–H groups in total. The maximum atomic E-state index is 12.0. The van der Waals surface area contributed by atoms with Gasteiger partial charge in [0.05, 0.1) is 13.1 Å². The lowest BCUT2D eigenvalue weighted by molar-refractivity contribution is 0.0943. The Balaban J connectivity index is 1.86. The van der Waals surface area contributed by atoms with Crippen LogP contribution in [0.3, 0.4) is 0 Å². The first kappa shape index (κ1) is 14.8. The Labute approximate surface area is 133 Å². The van der Waals surface area contributed by atoms with Crippen LogP contribution in [-0.4, -0.2) is 17.8 Å². The number of halogens is 3. The Bertz CT molecular complexity index is 438. The van der Waals surface area contributed by atoms with Crippen LogP contribution in [0.25, 0.3) is 0 Å². The van der Waals surface area contributed by atoms with Gasteiger partial charge in [-0.25, -0.2) is 0 Å². The molecule has 1 amide bonds. The van der Waals surface area contributed by atoms with Crippen LogP contribution in [0.15, 0.2) is 13.6 Å². The predicted octanol–water partition coefficient (Wildman–Crippen LogP) is 4.80. The summed E-state index contributed by atoms with van der Waals surface area (Å²) in [4.78, 5) is 12.0. The van der Waals surface area contributed by atoms with Gasteiger partial charge in [-0.3, -0.25) is 4.79 Å². The van der Waals surface area contributed by atoms with Crippen LogP contribution >= 0.6 is 54.8 Å². The summed E-state index contributed by atoms with van der Waals surface area (Å²) in [5.41, 5.74) is 0.699. The minimum Gasteiger partial charge on any atom is -0.352 e. The van der Waals surface area contributed by atoms with E-state index in [1.54, 1.807) is 0 Å². The SMILES string of the molecule is O=C(NCC1CCCC(Cl)C1)c1cc(Br)sc1Br. The lowest BCUT2D eigenvalue weighted by atomic mass is 9.89. The molecule has 6 heteroatoms. The zero-order chi connectivity index (χ0) is 13.1. The molecule has 1 heterocycles. The molecule has 100 valence electrons. The van der Waals surface area contributed by atoms with Gasteiger partial charge in [0.2, 0.25) is 0 Å². The summed E-state index contributed by atoms with van der Waals surface area (Å²) in [6.07, 6.45) is 4.45. The molecule has 2 rings (SSSR count). The van der Waals surface area contributed by atoms with Crippen LogP contribution in [0.1, 0.15) is 36.0 Å². The van der Waals surface area contributed by atoms with E-state index < -0.39 is 0 Å². The first-order chi connectivity index (χ1) is 8.56. The lowest BCUT2D eigenvalue weighted by Gasteiger charge is -2.25. The number of hydrogen-bond acceptors (Lipinski definition) is 2. The molecule has 0 saturated heterocycles. The molecule has 0 radical (unpaired) electrons. The molecule has 2 atom stereocenters. The van der Waals surface area contributed by atoms with Gasteiger partial charge < -0.3 is 5.32 Å². The van der Waals surface area contributed by atoms with E-state index in [1.807, 2.05) is 6.07 Å². The minimum atomic E-state index is -0.0134. The Hall–Kier alpha value is 0.420. The summed E-state index contributed by atoms with van der Waals surface area (Å²) in [6, 6.07) is 1.84. The third-order valence-electron chi connectivity index (χ3n) is 3.17. The monoisotopic (exact) mass is 413 g/mol. The molecule has 1 aromatic rings. The molecule has 1 aromatic heterocycles. The van der Waals surface area contributed by atoms with Crippen molar-refractivity contribution >= 4 is 60.7 Å². The van der Waals surface area contributed by atoms with Gasteiger partial charge in [-0.15, -0.1) is 22.9 Å². The molecule has 2 nitrogen and oxygen atoms in total. The second-order valence-electron chi connectivity index (χ2n) is 4.58. The molecule has 0 spiro atoms. The first-order valence-electron chi connectivity index (χ1n) is 5.93. The van der Waals surface area contributed by atoms with E-state index in [0.29, 0.717) is 11.5 Å². The predicted molar refractivity (Wildman–Crippen MR) is 83.7 cm³/mol. The molecule has 18 heavy (non-hydrogen) atoms. The van der Waals surface area contributed by atoms with Crippen LogP contribution in [0.5, 0.6) is 0 Å². The van der Waals surface area contributed by atoms with Crippen molar-refractivity contribution in [3.05, 3.63) is 19.2 Å². The number of rotatable bonds is 3. The van der Waals surface area contributed by atoms with Crippen LogP contribution in [0.2, 0.25) is 0 Å². The second-order valence-corrected chi connectivity index (χ2v) is 8.94. The van der Waals surface area contributed by atoms with Gasteiger partial charge in [-0.1, -0.05) is 6.42 Å². The summed E-state index contributed by atoms with van der Waals surface area (Å²) in [5.74, 6) is 0.506. The van der Waals surface area contributed by atoms with Crippen molar-refractivity contribution in [2.24, 2.45) is 5.92 Å². The first-order valence-corrected chi connectivity index (χ1v) is 8.77. The van der Waals surface area contributed by atoms with E-state index in [1.165, 1.54) is 17.8 Å². The molecule has 0 aliphatic heterocycles. The van der Waals surface area contributed by atoms with Gasteiger partial charge >= 0.3 is 0 Å². The van der Waals surface area contributed by atoms with Gasteiger partial charge in [0.25, 0.3) is 5.91 Å². The zero-order valence-electron chi connectivity index (χ0n) is 9.72. The topological polar surface area (TPSA) is 29.1 Å². The fourth-order valence-electron chi connectivity index (χ4n) is 2.24. The molecule has 0 bridgehead atoms. The van der Waals surface area contributed by atoms with Gasteiger partial charge in [0, 0.05) is 11.9 Å². The highest BCUT2D eigenvalue weighted by Crippen LogP contribution is 2.32. The van der Waals surface area contributed by atoms with Crippen molar-refractivity contribution in [2.75, 3.05) is 6.54 Å². The van der Waals surface area contributed by atoms with Crippen molar-refractivity contribution in [1.82, 2.24) is 5.32 Å². The minimum absolute atomic E-state index is 0.0134. The normalized spacial score (nSPS) is 23.9. The maximum Gasteiger partial charge on any atom is 0.253 e. The molecule has 1 aliphatic rings. The molecular formula is C12H14Br2ClNOS. The van der Waals surface area contributed by atoms with Crippen molar-refractivity contribution in [2.45, 2.75) is 31.1 Å². The van der Waals surface area contributed by atoms with Crippen LogP contribution < -0.4 is 5.32 Å². The van der Waals surface area contributed by atoms with E-state index in [0.717, 1.165) is 33.4 Å². The Morgan fingerprint density at radius 2 is 2.28 bits per heavy atom. The van der Waals surface area contributed by atoms with Crippen LogP contribution in [0, 0.1) is 5.92 Å². The molecule has 1 aliphatic carbocycles. The van der Waals surface area contributed by atoms with Crippen LogP contribution in [-0.2, 0) is 0 Å². The van der Waals surface area contributed by atoms with E-state index >= 15 is 0 Å². The average molecular weight is 416 g/mol. The molecule has 2 unspecified atom stereocenters. The number of carbonyl (C=O) groups excluding carboxylic acids is 1. The van der Waals surface area contributed by atoms with Crippen molar-refractivity contribution in [1.29, 1.82) is 0 Å². The summed E-state index contributed by atoms with van der Waals surface area (Å²) in [7, 11) is 0. The van der Waals surface area contributed by atoms with E-state index in [4.69, 9.17) is 11.6 Å². The number of alkyl halides is 1. The number of amides is 1. The summed E-state index contributed by atoms with van der Waals surface area (Å²) < 4.78 is 1.82. The summed E-state index contributed by atoms with van der Waals surface area (Å²) in [5, 5.41) is 3.28. The molecule has 0 aromatic carbocycles. The Morgan fingerprint density at radius 3 is 2.89 bits per heavy atom. The van der Waals surface area contributed by atoms with Gasteiger partial charge in [0.15, 0.2) is 0 Å². The molecule has 1 fully saturated rings. The number of hydrogen-bond donors (Lipinski definition) is 1. The highest BCUT2D eigenvalue weighted by molar-refractivity contribution is 9.12. The Morgan fingerprint density at radius 1 is 1.50 bits per heavy atom. The van der Waals surface area contributed by atoms with E-state index in [-0.39, 0.29) is 11.3 Å². The summed E-state index contributed by atoms with van der Waals surface area (Å²) in [6.45, 7) is 0.724. The van der Waals surface area contributed by atoms with Crippen molar-refractivity contribution in [3.63, 3.8) is 0 Å². The highest BCUT2D eigenvalue weighted by atomic mass is 79.9. The summed E-state index contributed by atoms with van der Waals surface area (Å²) >= 11 is 14.4. The number of carbonyl (C=O) groups is 1. The number of nitrogens with one attached hydrogen (secondary N) is 1. The van der Waals surface area contributed by atoms with E-state index in [9.17, 15) is 4.79 Å². The largest absolute Gasteiger partial charge is 0.352 e. The average Bonchev–Trinajstić information content (AvgIpc) is 2.66. The second kappa shape index (κ2) is 6.73. The third-order valence-corrected chi connectivity index (χ3v) is 5.91. The van der Waals surface area contributed by atoms with Crippen molar-refractivity contribution < 1.29 is 4.79 Å². The van der Waals surface area contributed by atoms with Crippen molar-refractivity contribution in [3.8, 4) is 0 Å². The van der Waals surface area contributed by atoms with Gasteiger partial charge in [-0.05, 0) is 63.1 Å². The van der Waals surface area contributed by atoms with Crippen LogP contribution in [0.4, 0.5) is 0 Å². The number of thiophene rings is 1. The van der Waals surface area contributed by atoms with E-state index in [2.05, 4.69) is 37.2 Å². The fraction of sp³-hybridized carbons (Fsp3) is 0.583. The lowest BCUT2D eigenvalue weighted by Crippen LogP contribution is -2.31. The quantitative estimate of drug-likeness (QED) is 0.706. The molecule has 1 saturated carbocycles. The highest BCUT2D eigenvalue weighted by Gasteiger charge is 2.21. The maximum absolute atomic E-state index is 12.0. The smallest absolute Gasteiger partial charge is 0.253 e. The zero-order valence-corrected chi connectivity index (χ0v) is 14.5. The van der Waals surface area contributed by atoms with Gasteiger partial charge in [-0.2, -0.15) is 0 Å². The van der Waals surface area contributed by atoms with Gasteiger partial charge in [0.1, 0.15) is 0 Å². The standard InChI is InChI=1S/C12H14Br2ClNOS/c13-10-5-9(11(14)18-10)12(17)16-6-7-2-1-3-8(15)4-7/h5,7-8H,1-4,6H2,(H,16,17). The fourth-order valence-corrected chi connectivity index (χ4v) is 5.44.